The lowest BCUT2D eigenvalue weighted by molar-refractivity contribution is 0.0526. The van der Waals surface area contributed by atoms with Gasteiger partial charge in [0, 0.05) is 13.1 Å². The predicted octanol–water partition coefficient (Wildman–Crippen LogP) is 2.82. The van der Waals surface area contributed by atoms with Crippen molar-refractivity contribution in [2.75, 3.05) is 24.6 Å². The molecule has 1 aromatic carbocycles. The van der Waals surface area contributed by atoms with Crippen LogP contribution in [0.5, 0.6) is 0 Å². The van der Waals surface area contributed by atoms with E-state index in [2.05, 4.69) is 46.3 Å². The molecule has 0 spiro atoms. The summed E-state index contributed by atoms with van der Waals surface area (Å²) in [5.74, 6) is 0.642. The third kappa shape index (κ3) is 3.18. The average Bonchev–Trinajstić information content (AvgIpc) is 2.75. The largest absolute Gasteiger partial charge is 0.462 e. The number of carbonyl (C=O) groups is 1. The first-order valence-corrected chi connectivity index (χ1v) is 8.02. The quantitative estimate of drug-likeness (QED) is 0.816. The smallest absolute Gasteiger partial charge is 0.342 e. The predicted molar refractivity (Wildman–Crippen MR) is 88.8 cm³/mol. The molecule has 0 radical (unpaired) electrons. The van der Waals surface area contributed by atoms with Crippen molar-refractivity contribution in [1.82, 2.24) is 10.2 Å². The second-order valence-corrected chi connectivity index (χ2v) is 5.78. The lowest BCUT2D eigenvalue weighted by Crippen LogP contribution is -2.30. The van der Waals surface area contributed by atoms with Crippen LogP contribution >= 0.6 is 0 Å². The number of benzene rings is 1. The minimum Gasteiger partial charge on any atom is -0.462 e. The van der Waals surface area contributed by atoms with Gasteiger partial charge in [0.2, 0.25) is 0 Å². The Morgan fingerprint density at radius 3 is 3.00 bits per heavy atom. The molecule has 1 aliphatic heterocycles. The molecule has 0 bridgehead atoms. The van der Waals surface area contributed by atoms with Gasteiger partial charge >= 0.3 is 5.97 Å². The normalized spacial score (nSPS) is 17.3. The number of ether oxygens (including phenoxy) is 1. The van der Waals surface area contributed by atoms with Gasteiger partial charge in [-0.2, -0.15) is 5.10 Å². The standard InChI is InChI=1S/C18H21N3O2/c1-3-23-18(22)16-8-10-19-20-17(16)21-11-9-14-6-4-5-7-15(14)13(2)12-21/h4-8,10,13H,3,9,11-12H2,1-2H3. The zero-order valence-corrected chi connectivity index (χ0v) is 13.5. The van der Waals surface area contributed by atoms with Crippen molar-refractivity contribution in [3.63, 3.8) is 0 Å². The monoisotopic (exact) mass is 311 g/mol. The van der Waals surface area contributed by atoms with Gasteiger partial charge in [0.25, 0.3) is 0 Å². The zero-order chi connectivity index (χ0) is 16.2. The second-order valence-electron chi connectivity index (χ2n) is 5.78. The van der Waals surface area contributed by atoms with E-state index >= 15 is 0 Å². The molecule has 1 atom stereocenters. The van der Waals surface area contributed by atoms with Crippen molar-refractivity contribution in [2.45, 2.75) is 26.2 Å². The zero-order valence-electron chi connectivity index (χ0n) is 13.5. The van der Waals surface area contributed by atoms with Crippen molar-refractivity contribution in [1.29, 1.82) is 0 Å². The highest BCUT2D eigenvalue weighted by Crippen LogP contribution is 2.28. The van der Waals surface area contributed by atoms with Crippen LogP contribution in [0.25, 0.3) is 0 Å². The number of hydrogen-bond acceptors (Lipinski definition) is 5. The van der Waals surface area contributed by atoms with E-state index in [0.29, 0.717) is 23.9 Å². The molecule has 0 aliphatic carbocycles. The third-order valence-corrected chi connectivity index (χ3v) is 4.23. The molecule has 2 heterocycles. The van der Waals surface area contributed by atoms with Gasteiger partial charge in [-0.15, -0.1) is 5.10 Å². The molecular weight excluding hydrogens is 290 g/mol. The van der Waals surface area contributed by atoms with Crippen LogP contribution in [0.4, 0.5) is 5.82 Å². The molecule has 3 rings (SSSR count). The number of carbonyl (C=O) groups excluding carboxylic acids is 1. The lowest BCUT2D eigenvalue weighted by atomic mass is 9.95. The topological polar surface area (TPSA) is 55.3 Å². The number of aromatic nitrogens is 2. The van der Waals surface area contributed by atoms with Gasteiger partial charge in [-0.05, 0) is 36.5 Å². The molecule has 1 aliphatic rings. The van der Waals surface area contributed by atoms with Gasteiger partial charge in [-0.1, -0.05) is 31.2 Å². The van der Waals surface area contributed by atoms with Gasteiger partial charge in [-0.25, -0.2) is 4.79 Å². The van der Waals surface area contributed by atoms with E-state index < -0.39 is 0 Å². The Balaban J connectivity index is 1.91. The Kier molecular flexibility index (Phi) is 4.55. The summed E-state index contributed by atoms with van der Waals surface area (Å²) in [6.07, 6.45) is 2.46. The van der Waals surface area contributed by atoms with E-state index in [1.54, 1.807) is 13.0 Å². The van der Waals surface area contributed by atoms with Crippen molar-refractivity contribution in [2.24, 2.45) is 0 Å². The Morgan fingerprint density at radius 2 is 2.17 bits per heavy atom. The van der Waals surface area contributed by atoms with Crippen molar-refractivity contribution < 1.29 is 9.53 Å². The fraction of sp³-hybridized carbons (Fsp3) is 0.389. The van der Waals surface area contributed by atoms with Crippen molar-refractivity contribution in [3.8, 4) is 0 Å². The van der Waals surface area contributed by atoms with E-state index in [0.717, 1.165) is 19.5 Å². The van der Waals surface area contributed by atoms with Gasteiger partial charge in [-0.3, -0.25) is 0 Å². The molecule has 0 N–H and O–H groups in total. The SMILES string of the molecule is CCOC(=O)c1ccnnc1N1CCc2ccccc2C(C)C1. The van der Waals surface area contributed by atoms with Crippen LogP contribution in [0.2, 0.25) is 0 Å². The Hall–Kier alpha value is -2.43. The molecule has 0 saturated heterocycles. The number of hydrogen-bond donors (Lipinski definition) is 0. The third-order valence-electron chi connectivity index (χ3n) is 4.23. The Labute approximate surface area is 136 Å². The number of nitrogens with zero attached hydrogens (tertiary/aromatic N) is 3. The fourth-order valence-corrected chi connectivity index (χ4v) is 3.14. The highest BCUT2D eigenvalue weighted by atomic mass is 16.5. The Morgan fingerprint density at radius 1 is 1.35 bits per heavy atom. The van der Waals surface area contributed by atoms with Crippen molar-refractivity contribution >= 4 is 11.8 Å². The lowest BCUT2D eigenvalue weighted by Gasteiger charge is -2.25. The summed E-state index contributed by atoms with van der Waals surface area (Å²) in [6.45, 7) is 5.98. The average molecular weight is 311 g/mol. The number of anilines is 1. The molecular formula is C18H21N3O2. The van der Waals surface area contributed by atoms with Crippen LogP contribution in [0.1, 0.15) is 41.3 Å². The summed E-state index contributed by atoms with van der Waals surface area (Å²) < 4.78 is 5.15. The first-order chi connectivity index (χ1) is 11.2. The number of fused-ring (bicyclic) bond motifs is 1. The summed E-state index contributed by atoms with van der Waals surface area (Å²) in [4.78, 5) is 14.3. The van der Waals surface area contributed by atoms with Crippen LogP contribution in [0, 0.1) is 0 Å². The van der Waals surface area contributed by atoms with Crippen LogP contribution in [0.15, 0.2) is 36.5 Å². The first kappa shape index (κ1) is 15.5. The van der Waals surface area contributed by atoms with E-state index in [1.165, 1.54) is 17.3 Å². The van der Waals surface area contributed by atoms with Gasteiger partial charge in [0.15, 0.2) is 5.82 Å². The summed E-state index contributed by atoms with van der Waals surface area (Å²) in [5.41, 5.74) is 3.22. The van der Waals surface area contributed by atoms with E-state index in [1.807, 2.05) is 0 Å². The van der Waals surface area contributed by atoms with Gasteiger partial charge in [0.1, 0.15) is 5.56 Å². The highest BCUT2D eigenvalue weighted by molar-refractivity contribution is 5.94. The maximum atomic E-state index is 12.2. The van der Waals surface area contributed by atoms with Crippen LogP contribution in [-0.4, -0.2) is 35.9 Å². The maximum absolute atomic E-state index is 12.2. The summed E-state index contributed by atoms with van der Waals surface area (Å²) in [7, 11) is 0. The Bertz CT molecular complexity index is 702. The molecule has 120 valence electrons. The summed E-state index contributed by atoms with van der Waals surface area (Å²) in [6, 6.07) is 10.2. The number of esters is 1. The van der Waals surface area contributed by atoms with Gasteiger partial charge < -0.3 is 9.64 Å². The highest BCUT2D eigenvalue weighted by Gasteiger charge is 2.24. The molecule has 0 fully saturated rings. The molecule has 1 aromatic heterocycles. The summed E-state index contributed by atoms with van der Waals surface area (Å²) >= 11 is 0. The molecule has 5 nitrogen and oxygen atoms in total. The minimum absolute atomic E-state index is 0.341. The first-order valence-electron chi connectivity index (χ1n) is 8.02. The maximum Gasteiger partial charge on any atom is 0.342 e. The fourth-order valence-electron chi connectivity index (χ4n) is 3.14. The van der Waals surface area contributed by atoms with E-state index in [9.17, 15) is 4.79 Å². The summed E-state index contributed by atoms with van der Waals surface area (Å²) in [5, 5.41) is 8.19. The minimum atomic E-state index is -0.341. The molecule has 23 heavy (non-hydrogen) atoms. The van der Waals surface area contributed by atoms with Gasteiger partial charge in [0.05, 0.1) is 12.8 Å². The van der Waals surface area contributed by atoms with Crippen molar-refractivity contribution in [3.05, 3.63) is 53.2 Å². The second kappa shape index (κ2) is 6.77. The molecule has 2 aromatic rings. The molecule has 5 heteroatoms. The van der Waals surface area contributed by atoms with Crippen LogP contribution in [0.3, 0.4) is 0 Å². The van der Waals surface area contributed by atoms with E-state index in [-0.39, 0.29) is 5.97 Å². The van der Waals surface area contributed by atoms with Crippen LogP contribution in [-0.2, 0) is 11.2 Å². The number of rotatable bonds is 3. The van der Waals surface area contributed by atoms with E-state index in [4.69, 9.17) is 4.74 Å². The van der Waals surface area contributed by atoms with Crippen LogP contribution < -0.4 is 4.90 Å². The molecule has 0 saturated carbocycles. The molecule has 0 amide bonds. The molecule has 1 unspecified atom stereocenters.